The van der Waals surface area contributed by atoms with Gasteiger partial charge in [-0.15, -0.1) is 0 Å². The lowest BCUT2D eigenvalue weighted by molar-refractivity contribution is 0.00724. The molecule has 1 unspecified atom stereocenters. The van der Waals surface area contributed by atoms with Crippen molar-refractivity contribution in [1.29, 1.82) is 0 Å². The van der Waals surface area contributed by atoms with E-state index >= 15 is 0 Å². The van der Waals surface area contributed by atoms with Crippen LogP contribution in [0.2, 0.25) is 0 Å². The molecule has 1 aliphatic heterocycles. The fraction of sp³-hybridized carbons (Fsp3) is 0.500. The number of ether oxygens (including phenoxy) is 1. The van der Waals surface area contributed by atoms with Gasteiger partial charge in [0.1, 0.15) is 0 Å². The van der Waals surface area contributed by atoms with Crippen molar-refractivity contribution in [3.05, 3.63) is 28.2 Å². The lowest BCUT2D eigenvalue weighted by atomic mass is 10.1. The third kappa shape index (κ3) is 3.70. The summed E-state index contributed by atoms with van der Waals surface area (Å²) in [7, 11) is 0. The quantitative estimate of drug-likeness (QED) is 0.869. The summed E-state index contributed by atoms with van der Waals surface area (Å²) in [4.78, 5) is 14.3. The largest absolute Gasteiger partial charge is 0.399 e. The average Bonchev–Trinajstić information content (AvgIpc) is 2.37. The van der Waals surface area contributed by atoms with E-state index in [0.717, 1.165) is 23.9 Å². The predicted octanol–water partition coefficient (Wildman–Crippen LogP) is 2.67. The molecular weight excluding hydrogens is 308 g/mol. The molecule has 1 aromatic carbocycles. The Morgan fingerprint density at radius 2 is 2.32 bits per heavy atom. The van der Waals surface area contributed by atoms with E-state index in [9.17, 15) is 4.79 Å². The zero-order valence-corrected chi connectivity index (χ0v) is 12.6. The Morgan fingerprint density at radius 1 is 1.53 bits per heavy atom. The predicted molar refractivity (Wildman–Crippen MR) is 79.1 cm³/mol. The second kappa shape index (κ2) is 6.39. The molecule has 0 aliphatic carbocycles. The molecule has 104 valence electrons. The van der Waals surface area contributed by atoms with E-state index < -0.39 is 0 Å². The molecule has 1 atom stereocenters. The smallest absolute Gasteiger partial charge is 0.254 e. The van der Waals surface area contributed by atoms with E-state index in [-0.39, 0.29) is 12.0 Å². The lowest BCUT2D eigenvalue weighted by Crippen LogP contribution is -2.43. The number of nitrogen functional groups attached to an aromatic ring is 1. The van der Waals surface area contributed by atoms with Crippen LogP contribution in [0.3, 0.4) is 0 Å². The lowest BCUT2D eigenvalue weighted by Gasteiger charge is -2.32. The normalized spacial score (nSPS) is 19.5. The fourth-order valence-electron chi connectivity index (χ4n) is 2.41. The number of nitrogens with two attached hydrogens (primary N) is 1. The van der Waals surface area contributed by atoms with Gasteiger partial charge >= 0.3 is 0 Å². The van der Waals surface area contributed by atoms with Crippen molar-refractivity contribution in [1.82, 2.24) is 4.90 Å². The highest BCUT2D eigenvalue weighted by molar-refractivity contribution is 9.10. The van der Waals surface area contributed by atoms with Gasteiger partial charge in [-0.2, -0.15) is 0 Å². The van der Waals surface area contributed by atoms with Gasteiger partial charge in [0.05, 0.1) is 6.10 Å². The molecule has 0 bridgehead atoms. The minimum atomic E-state index is 0.0254. The molecule has 4 nitrogen and oxygen atoms in total. The van der Waals surface area contributed by atoms with E-state index in [0.29, 0.717) is 24.4 Å². The van der Waals surface area contributed by atoms with Gasteiger partial charge in [0.2, 0.25) is 0 Å². The minimum Gasteiger partial charge on any atom is -0.399 e. The molecule has 0 saturated carbocycles. The van der Waals surface area contributed by atoms with Gasteiger partial charge in [-0.3, -0.25) is 4.79 Å². The fourth-order valence-corrected chi connectivity index (χ4v) is 2.92. The Balaban J connectivity index is 2.10. The summed E-state index contributed by atoms with van der Waals surface area (Å²) < 4.78 is 6.45. The van der Waals surface area contributed by atoms with Crippen LogP contribution in [0, 0.1) is 0 Å². The number of hydrogen-bond donors (Lipinski definition) is 1. The van der Waals surface area contributed by atoms with Crippen molar-refractivity contribution in [2.45, 2.75) is 25.9 Å². The Bertz CT molecular complexity index is 443. The summed E-state index contributed by atoms with van der Waals surface area (Å²) in [6, 6.07) is 5.32. The van der Waals surface area contributed by atoms with E-state index in [1.807, 2.05) is 17.9 Å². The number of hydrogen-bond acceptors (Lipinski definition) is 3. The molecule has 1 heterocycles. The Hall–Kier alpha value is -1.07. The van der Waals surface area contributed by atoms with Gasteiger partial charge < -0.3 is 15.4 Å². The maximum Gasteiger partial charge on any atom is 0.254 e. The van der Waals surface area contributed by atoms with E-state index in [1.165, 1.54) is 0 Å². The van der Waals surface area contributed by atoms with Gasteiger partial charge in [0.25, 0.3) is 5.91 Å². The van der Waals surface area contributed by atoms with Crippen molar-refractivity contribution in [3.8, 4) is 0 Å². The van der Waals surface area contributed by atoms with E-state index in [4.69, 9.17) is 10.5 Å². The van der Waals surface area contributed by atoms with Gasteiger partial charge in [-0.1, -0.05) is 15.9 Å². The van der Waals surface area contributed by atoms with Crippen LogP contribution in [0.5, 0.6) is 0 Å². The number of halogens is 1. The maximum absolute atomic E-state index is 12.4. The van der Waals surface area contributed by atoms with Crippen molar-refractivity contribution < 1.29 is 9.53 Å². The third-order valence-electron chi connectivity index (χ3n) is 3.23. The summed E-state index contributed by atoms with van der Waals surface area (Å²) in [5.74, 6) is 0.0254. The van der Waals surface area contributed by atoms with E-state index in [2.05, 4.69) is 15.9 Å². The summed E-state index contributed by atoms with van der Waals surface area (Å²) in [5, 5.41) is 0. The van der Waals surface area contributed by atoms with Crippen molar-refractivity contribution in [3.63, 3.8) is 0 Å². The topological polar surface area (TPSA) is 55.6 Å². The second-order valence-electron chi connectivity index (χ2n) is 4.74. The first-order valence-corrected chi connectivity index (χ1v) is 7.36. The number of amides is 1. The first-order valence-electron chi connectivity index (χ1n) is 6.57. The molecule has 0 spiro atoms. The molecule has 0 aromatic heterocycles. The highest BCUT2D eigenvalue weighted by Gasteiger charge is 2.24. The number of benzene rings is 1. The molecule has 19 heavy (non-hydrogen) atoms. The standard InChI is InChI=1S/C14H19BrN2O2/c1-2-19-13-4-3-5-17(9-13)14(18)10-6-11(15)8-12(16)7-10/h6-8,13H,2-5,9,16H2,1H3. The van der Waals surface area contributed by atoms with Gasteiger partial charge in [-0.05, 0) is 38.0 Å². The van der Waals surface area contributed by atoms with Crippen LogP contribution in [0.15, 0.2) is 22.7 Å². The summed E-state index contributed by atoms with van der Waals surface area (Å²) in [6.07, 6.45) is 2.17. The molecule has 1 saturated heterocycles. The number of piperidine rings is 1. The molecule has 5 heteroatoms. The summed E-state index contributed by atoms with van der Waals surface area (Å²) >= 11 is 3.37. The Kier molecular flexibility index (Phi) is 4.82. The zero-order chi connectivity index (χ0) is 13.8. The molecule has 2 rings (SSSR count). The zero-order valence-electron chi connectivity index (χ0n) is 11.1. The summed E-state index contributed by atoms with van der Waals surface area (Å²) in [5.41, 5.74) is 7.00. The van der Waals surface area contributed by atoms with Crippen LogP contribution in [0.4, 0.5) is 5.69 Å². The molecule has 1 aliphatic rings. The van der Waals surface area contributed by atoms with Crippen molar-refractivity contribution in [2.75, 3.05) is 25.4 Å². The SMILES string of the molecule is CCOC1CCCN(C(=O)c2cc(N)cc(Br)c2)C1. The molecule has 1 aromatic rings. The highest BCUT2D eigenvalue weighted by atomic mass is 79.9. The molecule has 0 radical (unpaired) electrons. The minimum absolute atomic E-state index is 0.0254. The van der Waals surface area contributed by atoms with Crippen LogP contribution in [-0.2, 0) is 4.74 Å². The second-order valence-corrected chi connectivity index (χ2v) is 5.66. The van der Waals surface area contributed by atoms with Crippen LogP contribution in [0.1, 0.15) is 30.1 Å². The number of rotatable bonds is 3. The van der Waals surface area contributed by atoms with Crippen LogP contribution in [-0.4, -0.2) is 36.6 Å². The monoisotopic (exact) mass is 326 g/mol. The molecule has 1 fully saturated rings. The Morgan fingerprint density at radius 3 is 3.00 bits per heavy atom. The van der Waals surface area contributed by atoms with Gasteiger partial charge in [0, 0.05) is 35.4 Å². The molecular formula is C14H19BrN2O2. The van der Waals surface area contributed by atoms with E-state index in [1.54, 1.807) is 12.1 Å². The summed E-state index contributed by atoms with van der Waals surface area (Å²) in [6.45, 7) is 4.13. The van der Waals surface area contributed by atoms with Crippen molar-refractivity contribution in [2.24, 2.45) is 0 Å². The van der Waals surface area contributed by atoms with Crippen LogP contribution < -0.4 is 5.73 Å². The van der Waals surface area contributed by atoms with Crippen LogP contribution >= 0.6 is 15.9 Å². The molecule has 1 amide bonds. The maximum atomic E-state index is 12.4. The number of anilines is 1. The van der Waals surface area contributed by atoms with Gasteiger partial charge in [0.15, 0.2) is 0 Å². The van der Waals surface area contributed by atoms with Gasteiger partial charge in [-0.25, -0.2) is 0 Å². The average molecular weight is 327 g/mol. The highest BCUT2D eigenvalue weighted by Crippen LogP contribution is 2.21. The molecule has 2 N–H and O–H groups in total. The number of nitrogens with zero attached hydrogens (tertiary/aromatic N) is 1. The first kappa shape index (κ1) is 14.3. The number of carbonyl (C=O) groups is 1. The number of likely N-dealkylation sites (tertiary alicyclic amines) is 1. The van der Waals surface area contributed by atoms with Crippen molar-refractivity contribution >= 4 is 27.5 Å². The van der Waals surface area contributed by atoms with Crippen LogP contribution in [0.25, 0.3) is 0 Å². The number of carbonyl (C=O) groups excluding carboxylic acids is 1. The Labute approximate surface area is 122 Å². The first-order chi connectivity index (χ1) is 9.10. The third-order valence-corrected chi connectivity index (χ3v) is 3.69.